The van der Waals surface area contributed by atoms with Crippen molar-refractivity contribution in [2.24, 2.45) is 5.92 Å². The van der Waals surface area contributed by atoms with E-state index in [9.17, 15) is 4.79 Å². The van der Waals surface area contributed by atoms with Gasteiger partial charge in [-0.25, -0.2) is 4.79 Å². The third-order valence-corrected chi connectivity index (χ3v) is 4.47. The Hall–Kier alpha value is -1.07. The standard InChI is InChI=1S/C14H17BrN2O2/c15-11-1-3-12(4-2-11)16-14(18)19-13-9-17-7-5-10(13)6-8-17/h1-4,10,13H,5-9H2,(H,16,18)/t13-/m1/s1. The number of carbonyl (C=O) groups excluding carboxylic acids is 1. The summed E-state index contributed by atoms with van der Waals surface area (Å²) < 4.78 is 6.55. The third-order valence-electron chi connectivity index (χ3n) is 3.95. The second-order valence-corrected chi connectivity index (χ2v) is 6.13. The molecule has 0 aliphatic carbocycles. The Labute approximate surface area is 121 Å². The van der Waals surface area contributed by atoms with Gasteiger partial charge in [0, 0.05) is 16.7 Å². The second-order valence-electron chi connectivity index (χ2n) is 5.21. The van der Waals surface area contributed by atoms with Crippen LogP contribution in [0, 0.1) is 5.92 Å². The average molecular weight is 325 g/mol. The van der Waals surface area contributed by atoms with E-state index in [1.807, 2.05) is 24.3 Å². The SMILES string of the molecule is O=C(Nc1ccc(Br)cc1)O[C@@H]1CN2CCC1CC2. The maximum absolute atomic E-state index is 11.9. The number of carbonyl (C=O) groups is 1. The number of amides is 1. The lowest BCUT2D eigenvalue weighted by molar-refractivity contribution is -0.0289. The minimum absolute atomic E-state index is 0.0537. The Morgan fingerprint density at radius 1 is 1.26 bits per heavy atom. The van der Waals surface area contributed by atoms with E-state index >= 15 is 0 Å². The van der Waals surface area contributed by atoms with Gasteiger partial charge in [-0.1, -0.05) is 15.9 Å². The lowest BCUT2D eigenvalue weighted by Crippen LogP contribution is -2.52. The summed E-state index contributed by atoms with van der Waals surface area (Å²) in [6.07, 6.45) is 2.01. The van der Waals surface area contributed by atoms with Gasteiger partial charge in [-0.2, -0.15) is 0 Å². The largest absolute Gasteiger partial charge is 0.444 e. The molecule has 102 valence electrons. The van der Waals surface area contributed by atoms with Gasteiger partial charge in [0.1, 0.15) is 6.10 Å². The van der Waals surface area contributed by atoms with E-state index in [2.05, 4.69) is 26.1 Å². The van der Waals surface area contributed by atoms with Crippen LogP contribution in [-0.4, -0.2) is 36.7 Å². The zero-order valence-corrected chi connectivity index (χ0v) is 12.2. The molecule has 1 aromatic rings. The van der Waals surface area contributed by atoms with E-state index < -0.39 is 0 Å². The molecule has 4 nitrogen and oxygen atoms in total. The molecule has 5 heteroatoms. The molecule has 3 saturated heterocycles. The fraction of sp³-hybridized carbons (Fsp3) is 0.500. The zero-order chi connectivity index (χ0) is 13.2. The number of hydrogen-bond acceptors (Lipinski definition) is 3. The summed E-state index contributed by atoms with van der Waals surface area (Å²) >= 11 is 3.36. The average Bonchev–Trinajstić information content (AvgIpc) is 2.43. The van der Waals surface area contributed by atoms with Gasteiger partial charge in [-0.15, -0.1) is 0 Å². The highest BCUT2D eigenvalue weighted by atomic mass is 79.9. The fourth-order valence-electron chi connectivity index (χ4n) is 2.86. The summed E-state index contributed by atoms with van der Waals surface area (Å²) in [5.74, 6) is 0.542. The number of fused-ring (bicyclic) bond motifs is 3. The summed E-state index contributed by atoms with van der Waals surface area (Å²) in [5, 5.41) is 2.78. The highest BCUT2D eigenvalue weighted by Crippen LogP contribution is 2.29. The number of anilines is 1. The Morgan fingerprint density at radius 2 is 1.95 bits per heavy atom. The summed E-state index contributed by atoms with van der Waals surface area (Å²) in [5.41, 5.74) is 0.759. The van der Waals surface area contributed by atoms with Gasteiger partial charge >= 0.3 is 6.09 Å². The van der Waals surface area contributed by atoms with E-state index in [1.54, 1.807) is 0 Å². The molecule has 4 rings (SSSR count). The third kappa shape index (κ3) is 3.09. The van der Waals surface area contributed by atoms with Crippen molar-refractivity contribution in [2.45, 2.75) is 18.9 Å². The number of nitrogens with zero attached hydrogens (tertiary/aromatic N) is 1. The Bertz CT molecular complexity index is 455. The van der Waals surface area contributed by atoms with E-state index in [1.165, 1.54) is 0 Å². The van der Waals surface area contributed by atoms with Crippen molar-refractivity contribution in [1.82, 2.24) is 4.90 Å². The van der Waals surface area contributed by atoms with Crippen molar-refractivity contribution >= 4 is 27.7 Å². The maximum Gasteiger partial charge on any atom is 0.411 e. The van der Waals surface area contributed by atoms with Crippen LogP contribution in [0.1, 0.15) is 12.8 Å². The van der Waals surface area contributed by atoms with Crippen molar-refractivity contribution in [3.8, 4) is 0 Å². The molecule has 2 bridgehead atoms. The predicted molar refractivity (Wildman–Crippen MR) is 77.2 cm³/mol. The van der Waals surface area contributed by atoms with Crippen LogP contribution in [0.3, 0.4) is 0 Å². The molecule has 1 amide bonds. The minimum Gasteiger partial charge on any atom is -0.444 e. The lowest BCUT2D eigenvalue weighted by Gasteiger charge is -2.43. The summed E-state index contributed by atoms with van der Waals surface area (Å²) in [6, 6.07) is 7.48. The minimum atomic E-state index is -0.346. The van der Waals surface area contributed by atoms with Gasteiger partial charge in [-0.05, 0) is 56.1 Å². The van der Waals surface area contributed by atoms with Crippen molar-refractivity contribution < 1.29 is 9.53 Å². The van der Waals surface area contributed by atoms with Crippen LogP contribution >= 0.6 is 15.9 Å². The molecule has 1 aromatic carbocycles. The van der Waals surface area contributed by atoms with E-state index in [0.29, 0.717) is 5.92 Å². The summed E-state index contributed by atoms with van der Waals surface area (Å²) in [4.78, 5) is 14.3. The molecular weight excluding hydrogens is 308 g/mol. The van der Waals surface area contributed by atoms with E-state index in [-0.39, 0.29) is 12.2 Å². The van der Waals surface area contributed by atoms with Crippen molar-refractivity contribution in [2.75, 3.05) is 25.0 Å². The van der Waals surface area contributed by atoms with E-state index in [4.69, 9.17) is 4.74 Å². The van der Waals surface area contributed by atoms with Crippen molar-refractivity contribution in [1.29, 1.82) is 0 Å². The van der Waals surface area contributed by atoms with Gasteiger partial charge in [-0.3, -0.25) is 10.2 Å². The number of halogens is 1. The molecule has 0 radical (unpaired) electrons. The number of hydrogen-bond donors (Lipinski definition) is 1. The van der Waals surface area contributed by atoms with Crippen LogP contribution in [0.25, 0.3) is 0 Å². The molecule has 0 aromatic heterocycles. The van der Waals surface area contributed by atoms with Crippen molar-refractivity contribution in [3.63, 3.8) is 0 Å². The van der Waals surface area contributed by atoms with Gasteiger partial charge in [0.05, 0.1) is 0 Å². The maximum atomic E-state index is 11.9. The first-order valence-electron chi connectivity index (χ1n) is 6.66. The molecule has 3 aliphatic rings. The van der Waals surface area contributed by atoms with Crippen LogP contribution in [0.2, 0.25) is 0 Å². The van der Waals surface area contributed by atoms with Crippen LogP contribution in [0.5, 0.6) is 0 Å². The number of ether oxygens (including phenoxy) is 1. The molecule has 3 aliphatic heterocycles. The molecule has 3 heterocycles. The van der Waals surface area contributed by atoms with Gasteiger partial charge in [0.25, 0.3) is 0 Å². The Kier molecular flexibility index (Phi) is 3.75. The topological polar surface area (TPSA) is 41.6 Å². The molecule has 0 unspecified atom stereocenters. The lowest BCUT2D eigenvalue weighted by atomic mass is 9.86. The molecule has 0 spiro atoms. The smallest absolute Gasteiger partial charge is 0.411 e. The predicted octanol–water partition coefficient (Wildman–Crippen LogP) is 3.09. The first-order chi connectivity index (χ1) is 9.20. The molecule has 3 fully saturated rings. The number of nitrogens with one attached hydrogen (secondary N) is 1. The molecule has 1 atom stereocenters. The van der Waals surface area contributed by atoms with Gasteiger partial charge < -0.3 is 4.74 Å². The van der Waals surface area contributed by atoms with Crippen LogP contribution in [-0.2, 0) is 4.74 Å². The number of rotatable bonds is 2. The number of piperidine rings is 3. The summed E-state index contributed by atoms with van der Waals surface area (Å²) in [7, 11) is 0. The molecular formula is C14H17BrN2O2. The monoisotopic (exact) mass is 324 g/mol. The Balaban J connectivity index is 1.55. The van der Waals surface area contributed by atoms with E-state index in [0.717, 1.165) is 42.6 Å². The highest BCUT2D eigenvalue weighted by molar-refractivity contribution is 9.10. The molecule has 19 heavy (non-hydrogen) atoms. The van der Waals surface area contributed by atoms with Crippen LogP contribution < -0.4 is 5.32 Å². The zero-order valence-electron chi connectivity index (χ0n) is 10.6. The normalized spacial score (nSPS) is 29.0. The van der Waals surface area contributed by atoms with Gasteiger partial charge in [0.15, 0.2) is 0 Å². The Morgan fingerprint density at radius 3 is 2.53 bits per heavy atom. The number of benzene rings is 1. The summed E-state index contributed by atoms with van der Waals surface area (Å²) in [6.45, 7) is 3.19. The molecule has 1 N–H and O–H groups in total. The van der Waals surface area contributed by atoms with Gasteiger partial charge in [0.2, 0.25) is 0 Å². The fourth-order valence-corrected chi connectivity index (χ4v) is 3.13. The highest BCUT2D eigenvalue weighted by Gasteiger charge is 2.36. The first-order valence-corrected chi connectivity index (χ1v) is 7.45. The quantitative estimate of drug-likeness (QED) is 0.908. The van der Waals surface area contributed by atoms with Crippen molar-refractivity contribution in [3.05, 3.63) is 28.7 Å². The first kappa shape index (κ1) is 12.9. The van der Waals surface area contributed by atoms with Crippen LogP contribution in [0.4, 0.5) is 10.5 Å². The van der Waals surface area contributed by atoms with Crippen LogP contribution in [0.15, 0.2) is 28.7 Å². The second kappa shape index (κ2) is 5.51. The molecule has 0 saturated carbocycles.